The van der Waals surface area contributed by atoms with Crippen LogP contribution in [0.25, 0.3) is 12.2 Å². The lowest BCUT2D eigenvalue weighted by molar-refractivity contribution is -0.114. The molecule has 13 heteroatoms. The highest BCUT2D eigenvalue weighted by Crippen LogP contribution is 2.33. The number of hydrogen-bond acceptors (Lipinski definition) is 8. The molecule has 0 aromatic heterocycles. The highest BCUT2D eigenvalue weighted by molar-refractivity contribution is 7.87. The fourth-order valence-corrected chi connectivity index (χ4v) is 6.31. The summed E-state index contributed by atoms with van der Waals surface area (Å²) >= 11 is 5.32. The van der Waals surface area contributed by atoms with Crippen molar-refractivity contribution < 1.29 is 30.0 Å². The number of benzene rings is 2. The molecule has 0 fully saturated rings. The van der Waals surface area contributed by atoms with Crippen molar-refractivity contribution in [2.75, 3.05) is 10.6 Å². The number of anilines is 2. The minimum atomic E-state index is -4.29. The van der Waals surface area contributed by atoms with Gasteiger partial charge in [0.2, 0.25) is 5.91 Å². The molecular formula is C26H35N3O7S3. The molecule has 214 valence electrons. The lowest BCUT2D eigenvalue weighted by Gasteiger charge is -2.19. The quantitative estimate of drug-likeness (QED) is 0.189. The summed E-state index contributed by atoms with van der Waals surface area (Å²) in [5.41, 5.74) is 0.892. The Morgan fingerprint density at radius 1 is 0.795 bits per heavy atom. The topological polar surface area (TPSA) is 140 Å². The summed E-state index contributed by atoms with van der Waals surface area (Å²) in [6, 6.07) is 8.91. The highest BCUT2D eigenvalue weighted by atomic mass is 32.2. The number of hydrogen-bond donors (Lipinski definition) is 3. The third kappa shape index (κ3) is 9.69. The fourth-order valence-electron chi connectivity index (χ4n) is 3.40. The zero-order chi connectivity index (χ0) is 29.5. The first kappa shape index (κ1) is 32.4. The summed E-state index contributed by atoms with van der Waals surface area (Å²) in [7, 11) is -8.37. The van der Waals surface area contributed by atoms with Gasteiger partial charge in [0.15, 0.2) is 5.11 Å². The van der Waals surface area contributed by atoms with Crippen molar-refractivity contribution in [2.24, 2.45) is 0 Å². The predicted octanol–water partition coefficient (Wildman–Crippen LogP) is 4.74. The molecule has 0 aliphatic rings. The lowest BCUT2D eigenvalue weighted by Crippen LogP contribution is -2.34. The molecule has 0 aliphatic carbocycles. The first-order valence-corrected chi connectivity index (χ1v) is 15.4. The van der Waals surface area contributed by atoms with Crippen LogP contribution >= 0.6 is 12.2 Å². The smallest absolute Gasteiger partial charge is 0.297 e. The predicted molar refractivity (Wildman–Crippen MR) is 157 cm³/mol. The van der Waals surface area contributed by atoms with Crippen LogP contribution in [0.15, 0.2) is 46.2 Å². The molecule has 10 nitrogen and oxygen atoms in total. The van der Waals surface area contributed by atoms with Crippen LogP contribution in [-0.4, -0.2) is 46.1 Å². The average molecular weight is 598 g/mol. The van der Waals surface area contributed by atoms with Crippen LogP contribution < -0.4 is 16.0 Å². The van der Waals surface area contributed by atoms with E-state index in [0.29, 0.717) is 0 Å². The zero-order valence-corrected chi connectivity index (χ0v) is 25.4. The first-order chi connectivity index (χ1) is 18.0. The molecule has 0 unspecified atom stereocenters. The molecule has 0 bridgehead atoms. The van der Waals surface area contributed by atoms with Crippen molar-refractivity contribution in [1.29, 1.82) is 0 Å². The van der Waals surface area contributed by atoms with E-state index in [1.54, 1.807) is 45.9 Å². The number of nitrogens with one attached hydrogen (secondary N) is 3. The Bertz CT molecular complexity index is 1450. The van der Waals surface area contributed by atoms with E-state index < -0.39 is 38.4 Å². The van der Waals surface area contributed by atoms with Crippen molar-refractivity contribution >= 4 is 67.0 Å². The Morgan fingerprint density at radius 3 is 1.85 bits per heavy atom. The minimum absolute atomic E-state index is 0.0000717. The van der Waals surface area contributed by atoms with Gasteiger partial charge in [0.1, 0.15) is 9.79 Å². The van der Waals surface area contributed by atoms with Crippen LogP contribution in [0.4, 0.5) is 11.4 Å². The summed E-state index contributed by atoms with van der Waals surface area (Å²) < 4.78 is 62.4. The van der Waals surface area contributed by atoms with Gasteiger partial charge in [-0.3, -0.25) is 13.2 Å². The van der Waals surface area contributed by atoms with E-state index >= 15 is 0 Å². The lowest BCUT2D eigenvalue weighted by atomic mass is 10.1. The van der Waals surface area contributed by atoms with Gasteiger partial charge in [-0.05, 0) is 83.1 Å². The maximum atomic E-state index is 13.2. The highest BCUT2D eigenvalue weighted by Gasteiger charge is 2.24. The molecule has 0 heterocycles. The van der Waals surface area contributed by atoms with Crippen LogP contribution in [0.1, 0.15) is 59.6 Å². The third-order valence-electron chi connectivity index (χ3n) is 4.67. The van der Waals surface area contributed by atoms with Gasteiger partial charge in [-0.1, -0.05) is 30.4 Å². The number of amides is 1. The Hall–Kier alpha value is -2.84. The molecule has 0 saturated heterocycles. The van der Waals surface area contributed by atoms with Gasteiger partial charge in [-0.15, -0.1) is 0 Å². The van der Waals surface area contributed by atoms with Gasteiger partial charge in [-0.2, -0.15) is 16.8 Å². The van der Waals surface area contributed by atoms with E-state index in [2.05, 4.69) is 16.0 Å². The third-order valence-corrected chi connectivity index (χ3v) is 7.97. The van der Waals surface area contributed by atoms with Crippen LogP contribution in [-0.2, 0) is 33.4 Å². The maximum absolute atomic E-state index is 13.2. The van der Waals surface area contributed by atoms with Gasteiger partial charge in [0.25, 0.3) is 20.2 Å². The molecule has 2 rings (SSSR count). The Balaban J connectivity index is 2.75. The average Bonchev–Trinajstić information content (AvgIpc) is 2.76. The van der Waals surface area contributed by atoms with Gasteiger partial charge < -0.3 is 16.0 Å². The van der Waals surface area contributed by atoms with Crippen molar-refractivity contribution in [1.82, 2.24) is 5.32 Å². The van der Waals surface area contributed by atoms with Crippen LogP contribution in [0, 0.1) is 0 Å². The second kappa shape index (κ2) is 13.5. The summed E-state index contributed by atoms with van der Waals surface area (Å²) in [5.74, 6) is -0.396. The largest absolute Gasteiger partial charge is 0.360 e. The SMILES string of the molecule is CC(=O)Nc1cc(/C=C/c2ccccc2S(=O)(=O)OC(C)C)c(S(=O)(=O)OC(C)C)cc1NC(=S)NC(C)C. The molecule has 0 aliphatic heterocycles. The number of rotatable bonds is 11. The monoisotopic (exact) mass is 597 g/mol. The van der Waals surface area contributed by atoms with Gasteiger partial charge in [0, 0.05) is 13.0 Å². The van der Waals surface area contributed by atoms with Crippen LogP contribution in [0.2, 0.25) is 0 Å². The Labute approximate surface area is 236 Å². The summed E-state index contributed by atoms with van der Waals surface area (Å²) in [6.07, 6.45) is 1.66. The van der Waals surface area contributed by atoms with Gasteiger partial charge in [-0.25, -0.2) is 0 Å². The van der Waals surface area contributed by atoms with E-state index in [4.69, 9.17) is 20.6 Å². The number of thiocarbonyl (C=S) groups is 1. The van der Waals surface area contributed by atoms with Crippen LogP contribution in [0.5, 0.6) is 0 Å². The van der Waals surface area contributed by atoms with E-state index in [1.807, 2.05) is 13.8 Å². The summed E-state index contributed by atoms with van der Waals surface area (Å²) in [5, 5.41) is 8.82. The Morgan fingerprint density at radius 2 is 1.31 bits per heavy atom. The standard InChI is InChI=1S/C26H35N3O7S3/c1-16(2)27-26(37)29-23-15-25(39(33,34)36-18(5)6)21(14-22(23)28-19(7)30)13-12-20-10-8-9-11-24(20)38(31,32)35-17(3)4/h8-18H,1-7H3,(H,28,30)(H2,27,29,37)/b13-12+. The normalized spacial score (nSPS) is 12.4. The van der Waals surface area contributed by atoms with E-state index in [-0.39, 0.29) is 43.4 Å². The molecule has 39 heavy (non-hydrogen) atoms. The zero-order valence-electron chi connectivity index (χ0n) is 22.9. The van der Waals surface area contributed by atoms with Crippen molar-refractivity contribution in [2.45, 2.75) is 76.5 Å². The molecule has 0 atom stereocenters. The summed E-state index contributed by atoms with van der Waals surface area (Å²) in [4.78, 5) is 11.7. The number of carbonyl (C=O) groups excluding carboxylic acids is 1. The molecule has 0 radical (unpaired) electrons. The van der Waals surface area contributed by atoms with Crippen LogP contribution in [0.3, 0.4) is 0 Å². The molecule has 0 spiro atoms. The molecule has 0 saturated carbocycles. The summed E-state index contributed by atoms with van der Waals surface area (Å²) in [6.45, 7) is 11.4. The minimum Gasteiger partial charge on any atom is -0.360 e. The van der Waals surface area contributed by atoms with E-state index in [9.17, 15) is 21.6 Å². The maximum Gasteiger partial charge on any atom is 0.297 e. The molecule has 2 aromatic carbocycles. The molecule has 2 aromatic rings. The van der Waals surface area contributed by atoms with E-state index in [0.717, 1.165) is 0 Å². The van der Waals surface area contributed by atoms with Gasteiger partial charge in [0.05, 0.1) is 23.6 Å². The first-order valence-electron chi connectivity index (χ1n) is 12.2. The fraction of sp³-hybridized carbons (Fsp3) is 0.385. The molecular weight excluding hydrogens is 563 g/mol. The van der Waals surface area contributed by atoms with Gasteiger partial charge >= 0.3 is 0 Å². The second-order valence-corrected chi connectivity index (χ2v) is 12.9. The Kier molecular flexibility index (Phi) is 11.2. The van der Waals surface area contributed by atoms with Crippen molar-refractivity contribution in [3.63, 3.8) is 0 Å². The van der Waals surface area contributed by atoms with E-state index in [1.165, 1.54) is 37.3 Å². The molecule has 1 amide bonds. The number of carbonyl (C=O) groups is 1. The molecule has 3 N–H and O–H groups in total. The second-order valence-electron chi connectivity index (χ2n) is 9.44. The van der Waals surface area contributed by atoms with Crippen molar-refractivity contribution in [3.8, 4) is 0 Å². The van der Waals surface area contributed by atoms with Crippen molar-refractivity contribution in [3.05, 3.63) is 47.5 Å².